The summed E-state index contributed by atoms with van der Waals surface area (Å²) in [5.41, 5.74) is 0. The van der Waals surface area contributed by atoms with Gasteiger partial charge in [-0.1, -0.05) is 6.08 Å². The van der Waals surface area contributed by atoms with Gasteiger partial charge in [-0.2, -0.15) is 0 Å². The van der Waals surface area contributed by atoms with Gasteiger partial charge in [-0.05, 0) is 6.42 Å². The molecule has 0 aromatic rings. The summed E-state index contributed by atoms with van der Waals surface area (Å²) in [6.45, 7) is 7.37. The van der Waals surface area contributed by atoms with E-state index in [0.29, 0.717) is 19.6 Å². The number of hydrogen-bond donors (Lipinski definition) is 2. The lowest BCUT2D eigenvalue weighted by Crippen LogP contribution is -2.40. The van der Waals surface area contributed by atoms with Crippen LogP contribution in [0.3, 0.4) is 0 Å². The maximum Gasteiger partial charge on any atom is 0.236 e. The number of nitrogens with one attached hydrogen (secondary N) is 2. The van der Waals surface area contributed by atoms with Gasteiger partial charge in [0.15, 0.2) is 0 Å². The smallest absolute Gasteiger partial charge is 0.236 e. The Morgan fingerprint density at radius 1 is 1.56 bits per heavy atom. The van der Waals surface area contributed by atoms with E-state index in [9.17, 15) is 9.59 Å². The highest BCUT2D eigenvalue weighted by Gasteiger charge is 2.25. The van der Waals surface area contributed by atoms with Crippen LogP contribution in [-0.4, -0.2) is 48.9 Å². The minimum absolute atomic E-state index is 0.0379. The zero-order chi connectivity index (χ0) is 12.0. The van der Waals surface area contributed by atoms with Gasteiger partial charge in [-0.3, -0.25) is 9.59 Å². The normalized spacial score (nSPS) is 19.6. The molecule has 5 heteroatoms. The lowest BCUT2D eigenvalue weighted by atomic mass is 10.3. The Labute approximate surface area is 95.9 Å². The summed E-state index contributed by atoms with van der Waals surface area (Å²) in [4.78, 5) is 24.3. The molecule has 1 atom stereocenters. The molecule has 2 N–H and O–H groups in total. The first-order valence-electron chi connectivity index (χ1n) is 5.50. The Hall–Kier alpha value is -1.36. The van der Waals surface area contributed by atoms with Crippen LogP contribution >= 0.6 is 0 Å². The van der Waals surface area contributed by atoms with Gasteiger partial charge in [0.25, 0.3) is 0 Å². The van der Waals surface area contributed by atoms with Crippen molar-refractivity contribution in [2.75, 3.05) is 26.2 Å². The first-order valence-corrected chi connectivity index (χ1v) is 5.50. The Bertz CT molecular complexity index is 278. The molecule has 1 rings (SSSR count). The van der Waals surface area contributed by atoms with Crippen LogP contribution < -0.4 is 10.6 Å². The zero-order valence-corrected chi connectivity index (χ0v) is 9.66. The monoisotopic (exact) mass is 225 g/mol. The van der Waals surface area contributed by atoms with E-state index in [4.69, 9.17) is 0 Å². The van der Waals surface area contributed by atoms with Crippen LogP contribution in [0.4, 0.5) is 0 Å². The highest BCUT2D eigenvalue weighted by Crippen LogP contribution is 2.08. The number of amides is 2. The van der Waals surface area contributed by atoms with E-state index >= 15 is 0 Å². The van der Waals surface area contributed by atoms with Crippen LogP contribution in [0.25, 0.3) is 0 Å². The van der Waals surface area contributed by atoms with Crippen molar-refractivity contribution in [3.63, 3.8) is 0 Å². The van der Waals surface area contributed by atoms with Crippen LogP contribution in [0, 0.1) is 0 Å². The van der Waals surface area contributed by atoms with Crippen molar-refractivity contribution in [1.29, 1.82) is 0 Å². The number of carbonyl (C=O) groups excluding carboxylic acids is 2. The molecule has 0 radical (unpaired) electrons. The molecule has 1 unspecified atom stereocenters. The standard InChI is InChI=1S/C11H19N3O2/c1-3-5-12-7-11(16)14-6-4-10(8-14)13-9(2)15/h3,10,12H,1,4-8H2,2H3,(H,13,15). The Balaban J connectivity index is 2.26. The summed E-state index contributed by atoms with van der Waals surface area (Å²) in [5, 5.41) is 5.80. The van der Waals surface area contributed by atoms with E-state index in [1.165, 1.54) is 6.92 Å². The van der Waals surface area contributed by atoms with E-state index < -0.39 is 0 Å². The number of likely N-dealkylation sites (tertiary alicyclic amines) is 1. The van der Waals surface area contributed by atoms with Crippen LogP contribution in [-0.2, 0) is 9.59 Å². The summed E-state index contributed by atoms with van der Waals surface area (Å²) in [7, 11) is 0. The van der Waals surface area contributed by atoms with Gasteiger partial charge in [-0.15, -0.1) is 6.58 Å². The third-order valence-corrected chi connectivity index (χ3v) is 2.51. The fourth-order valence-corrected chi connectivity index (χ4v) is 1.79. The van der Waals surface area contributed by atoms with Crippen molar-refractivity contribution in [3.8, 4) is 0 Å². The van der Waals surface area contributed by atoms with Crippen LogP contribution in [0.2, 0.25) is 0 Å². The predicted octanol–water partition coefficient (Wildman–Crippen LogP) is -0.501. The van der Waals surface area contributed by atoms with Crippen molar-refractivity contribution in [3.05, 3.63) is 12.7 Å². The van der Waals surface area contributed by atoms with Crippen molar-refractivity contribution in [2.24, 2.45) is 0 Å². The largest absolute Gasteiger partial charge is 0.352 e. The first-order chi connectivity index (χ1) is 7.63. The Morgan fingerprint density at radius 3 is 2.94 bits per heavy atom. The van der Waals surface area contributed by atoms with Gasteiger partial charge < -0.3 is 15.5 Å². The molecule has 1 heterocycles. The fourth-order valence-electron chi connectivity index (χ4n) is 1.79. The Morgan fingerprint density at radius 2 is 2.31 bits per heavy atom. The molecule has 1 aliphatic rings. The minimum atomic E-state index is -0.0379. The molecule has 0 saturated carbocycles. The summed E-state index contributed by atoms with van der Waals surface area (Å²) < 4.78 is 0. The number of rotatable bonds is 5. The van der Waals surface area contributed by atoms with Crippen LogP contribution in [0.5, 0.6) is 0 Å². The number of carbonyl (C=O) groups is 2. The predicted molar refractivity (Wildman–Crippen MR) is 61.9 cm³/mol. The SMILES string of the molecule is C=CCNCC(=O)N1CCC(NC(C)=O)C1. The van der Waals surface area contributed by atoms with Gasteiger partial charge >= 0.3 is 0 Å². The van der Waals surface area contributed by atoms with Crippen molar-refractivity contribution < 1.29 is 9.59 Å². The molecule has 0 aromatic carbocycles. The zero-order valence-electron chi connectivity index (χ0n) is 9.66. The molecule has 0 bridgehead atoms. The highest BCUT2D eigenvalue weighted by atomic mass is 16.2. The van der Waals surface area contributed by atoms with E-state index in [2.05, 4.69) is 17.2 Å². The summed E-state index contributed by atoms with van der Waals surface area (Å²) in [5.74, 6) is 0.0405. The lowest BCUT2D eigenvalue weighted by Gasteiger charge is -2.16. The van der Waals surface area contributed by atoms with Gasteiger partial charge in [0, 0.05) is 32.6 Å². The third kappa shape index (κ3) is 4.02. The minimum Gasteiger partial charge on any atom is -0.352 e. The highest BCUT2D eigenvalue weighted by molar-refractivity contribution is 5.79. The summed E-state index contributed by atoms with van der Waals surface area (Å²) >= 11 is 0. The van der Waals surface area contributed by atoms with Crippen molar-refractivity contribution in [1.82, 2.24) is 15.5 Å². The van der Waals surface area contributed by atoms with E-state index in [1.807, 2.05) is 0 Å². The summed E-state index contributed by atoms with van der Waals surface area (Å²) in [6, 6.07) is 0.112. The molecule has 2 amide bonds. The molecule has 5 nitrogen and oxygen atoms in total. The third-order valence-electron chi connectivity index (χ3n) is 2.51. The molecule has 16 heavy (non-hydrogen) atoms. The fraction of sp³-hybridized carbons (Fsp3) is 0.636. The van der Waals surface area contributed by atoms with Crippen LogP contribution in [0.1, 0.15) is 13.3 Å². The van der Waals surface area contributed by atoms with Gasteiger partial charge in [0.05, 0.1) is 6.54 Å². The van der Waals surface area contributed by atoms with Crippen molar-refractivity contribution in [2.45, 2.75) is 19.4 Å². The van der Waals surface area contributed by atoms with Crippen molar-refractivity contribution >= 4 is 11.8 Å². The molecule has 0 spiro atoms. The lowest BCUT2D eigenvalue weighted by molar-refractivity contribution is -0.129. The molecule has 1 fully saturated rings. The second-order valence-corrected chi connectivity index (χ2v) is 3.95. The quantitative estimate of drug-likeness (QED) is 0.490. The van der Waals surface area contributed by atoms with Gasteiger partial charge in [-0.25, -0.2) is 0 Å². The van der Waals surface area contributed by atoms with E-state index in [0.717, 1.165) is 13.0 Å². The molecule has 0 aromatic heterocycles. The van der Waals surface area contributed by atoms with E-state index in [1.54, 1.807) is 11.0 Å². The van der Waals surface area contributed by atoms with Crippen LogP contribution in [0.15, 0.2) is 12.7 Å². The molecule has 1 aliphatic heterocycles. The second kappa shape index (κ2) is 6.27. The number of hydrogen-bond acceptors (Lipinski definition) is 3. The topological polar surface area (TPSA) is 61.4 Å². The maximum absolute atomic E-state index is 11.7. The molecule has 90 valence electrons. The first kappa shape index (κ1) is 12.7. The molecule has 0 aliphatic carbocycles. The molecule has 1 saturated heterocycles. The average molecular weight is 225 g/mol. The molecular weight excluding hydrogens is 206 g/mol. The summed E-state index contributed by atoms with van der Waals surface area (Å²) in [6.07, 6.45) is 2.56. The number of nitrogens with zero attached hydrogens (tertiary/aromatic N) is 1. The van der Waals surface area contributed by atoms with Gasteiger partial charge in [0.1, 0.15) is 0 Å². The molecular formula is C11H19N3O2. The second-order valence-electron chi connectivity index (χ2n) is 3.95. The average Bonchev–Trinajstić information content (AvgIpc) is 2.65. The Kier molecular flexibility index (Phi) is 4.98. The maximum atomic E-state index is 11.7. The van der Waals surface area contributed by atoms with E-state index in [-0.39, 0.29) is 17.9 Å². The van der Waals surface area contributed by atoms with Gasteiger partial charge in [0.2, 0.25) is 11.8 Å².